The van der Waals surface area contributed by atoms with Gasteiger partial charge in [0.1, 0.15) is 0 Å². The molecule has 6 aliphatic rings. The van der Waals surface area contributed by atoms with Crippen molar-refractivity contribution in [1.29, 1.82) is 0 Å². The minimum Gasteiger partial charge on any atom is -0.337 e. The van der Waals surface area contributed by atoms with Crippen LogP contribution in [0.1, 0.15) is 64.2 Å². The van der Waals surface area contributed by atoms with Gasteiger partial charge in [-0.1, -0.05) is 0 Å². The molecule has 0 aromatic rings. The molecular formula is C18H26N2O2. The summed E-state index contributed by atoms with van der Waals surface area (Å²) in [6, 6.07) is 0. The molecule has 4 bridgehead atoms. The van der Waals surface area contributed by atoms with Crippen LogP contribution in [0, 0.1) is 11.8 Å². The summed E-state index contributed by atoms with van der Waals surface area (Å²) in [7, 11) is 0. The Kier molecular flexibility index (Phi) is 2.60. The van der Waals surface area contributed by atoms with E-state index in [0.717, 1.165) is 57.0 Å². The van der Waals surface area contributed by atoms with Crippen LogP contribution in [-0.4, -0.2) is 45.8 Å². The molecule has 0 spiro atoms. The maximum atomic E-state index is 12.4. The molecule has 6 fully saturated rings. The molecule has 0 N–H and O–H groups in total. The third-order valence-corrected chi connectivity index (χ3v) is 7.29. The number of amides is 2. The van der Waals surface area contributed by atoms with Gasteiger partial charge in [-0.2, -0.15) is 0 Å². The van der Waals surface area contributed by atoms with Gasteiger partial charge in [0.2, 0.25) is 11.8 Å². The van der Waals surface area contributed by atoms with Gasteiger partial charge in [-0.25, -0.2) is 0 Å². The van der Waals surface area contributed by atoms with E-state index in [2.05, 4.69) is 9.80 Å². The number of hydrogen-bond acceptors (Lipinski definition) is 2. The first-order valence-electron chi connectivity index (χ1n) is 9.21. The van der Waals surface area contributed by atoms with Crippen LogP contribution in [-0.2, 0) is 9.59 Å². The standard InChI is InChI=1S/C18H26N2O2/c21-15-3-1-5-19(15)17-8-13-7-14(9-17)11-18(10-13,12-17)20-6-2-4-16(20)22/h13-14H,1-12H2. The summed E-state index contributed by atoms with van der Waals surface area (Å²) in [6.07, 6.45) is 10.8. The van der Waals surface area contributed by atoms with Crippen LogP contribution in [0.15, 0.2) is 0 Å². The van der Waals surface area contributed by atoms with Gasteiger partial charge in [0, 0.05) is 37.0 Å². The lowest BCUT2D eigenvalue weighted by Gasteiger charge is -2.66. The molecule has 0 atom stereocenters. The van der Waals surface area contributed by atoms with Crippen LogP contribution in [0.2, 0.25) is 0 Å². The van der Waals surface area contributed by atoms with Crippen molar-refractivity contribution in [3.63, 3.8) is 0 Å². The van der Waals surface area contributed by atoms with Crippen molar-refractivity contribution in [3.8, 4) is 0 Å². The Morgan fingerprint density at radius 3 is 1.59 bits per heavy atom. The molecule has 0 aromatic carbocycles. The van der Waals surface area contributed by atoms with Crippen molar-refractivity contribution < 1.29 is 9.59 Å². The smallest absolute Gasteiger partial charge is 0.223 e. The molecule has 22 heavy (non-hydrogen) atoms. The maximum Gasteiger partial charge on any atom is 0.223 e. The van der Waals surface area contributed by atoms with E-state index in [1.807, 2.05) is 0 Å². The number of hydrogen-bond donors (Lipinski definition) is 0. The maximum absolute atomic E-state index is 12.4. The van der Waals surface area contributed by atoms with E-state index in [1.165, 1.54) is 32.1 Å². The van der Waals surface area contributed by atoms with Crippen LogP contribution in [0.5, 0.6) is 0 Å². The van der Waals surface area contributed by atoms with E-state index in [-0.39, 0.29) is 11.1 Å². The third-order valence-electron chi connectivity index (χ3n) is 7.29. The SMILES string of the molecule is O=C1CCCN1C12CC3CC(C1)CC(N1CCCC1=O)(C3)C2. The molecule has 0 unspecified atom stereocenters. The van der Waals surface area contributed by atoms with Gasteiger partial charge in [-0.3, -0.25) is 9.59 Å². The summed E-state index contributed by atoms with van der Waals surface area (Å²) >= 11 is 0. The Bertz CT molecular complexity index is 485. The van der Waals surface area contributed by atoms with Gasteiger partial charge in [0.25, 0.3) is 0 Å². The largest absolute Gasteiger partial charge is 0.337 e. The molecule has 120 valence electrons. The van der Waals surface area contributed by atoms with Crippen LogP contribution < -0.4 is 0 Å². The normalized spacial score (nSPS) is 47.1. The fourth-order valence-electron chi connectivity index (χ4n) is 7.10. The van der Waals surface area contributed by atoms with E-state index in [9.17, 15) is 9.59 Å². The zero-order valence-corrected chi connectivity index (χ0v) is 13.4. The molecule has 2 amide bonds. The molecule has 4 aliphatic carbocycles. The number of rotatable bonds is 2. The molecule has 4 heteroatoms. The first kappa shape index (κ1) is 13.4. The first-order valence-corrected chi connectivity index (χ1v) is 9.21. The average Bonchev–Trinajstić information content (AvgIpc) is 3.06. The van der Waals surface area contributed by atoms with Gasteiger partial charge >= 0.3 is 0 Å². The van der Waals surface area contributed by atoms with E-state index in [4.69, 9.17) is 0 Å². The van der Waals surface area contributed by atoms with Crippen molar-refractivity contribution >= 4 is 11.8 Å². The Labute approximate surface area is 132 Å². The predicted octanol–water partition coefficient (Wildman–Crippen LogP) is 2.32. The highest BCUT2D eigenvalue weighted by molar-refractivity contribution is 5.80. The monoisotopic (exact) mass is 302 g/mol. The summed E-state index contributed by atoms with van der Waals surface area (Å²) in [4.78, 5) is 29.4. The number of nitrogens with zero attached hydrogens (tertiary/aromatic N) is 2. The highest BCUT2D eigenvalue weighted by Crippen LogP contribution is 2.62. The van der Waals surface area contributed by atoms with Crippen LogP contribution >= 0.6 is 0 Å². The van der Waals surface area contributed by atoms with Gasteiger partial charge in [0.05, 0.1) is 0 Å². The molecule has 2 heterocycles. The van der Waals surface area contributed by atoms with Gasteiger partial charge in [-0.15, -0.1) is 0 Å². The third kappa shape index (κ3) is 1.64. The summed E-state index contributed by atoms with van der Waals surface area (Å²) in [5.74, 6) is 2.24. The fourth-order valence-corrected chi connectivity index (χ4v) is 7.10. The lowest BCUT2D eigenvalue weighted by Crippen LogP contribution is -2.70. The first-order chi connectivity index (χ1) is 10.6. The number of carbonyl (C=O) groups is 2. The molecule has 0 aromatic heterocycles. The second kappa shape index (κ2) is 4.27. The molecule has 4 nitrogen and oxygen atoms in total. The summed E-state index contributed by atoms with van der Waals surface area (Å²) in [6.45, 7) is 1.92. The highest BCUT2D eigenvalue weighted by Gasteiger charge is 2.63. The van der Waals surface area contributed by atoms with Gasteiger partial charge < -0.3 is 9.80 Å². The van der Waals surface area contributed by atoms with Crippen molar-refractivity contribution in [2.24, 2.45) is 11.8 Å². The van der Waals surface area contributed by atoms with E-state index >= 15 is 0 Å². The Morgan fingerprint density at radius 2 is 1.23 bits per heavy atom. The lowest BCUT2D eigenvalue weighted by atomic mass is 9.49. The average molecular weight is 302 g/mol. The van der Waals surface area contributed by atoms with E-state index in [0.29, 0.717) is 11.8 Å². The summed E-state index contributed by atoms with van der Waals surface area (Å²) in [5, 5.41) is 0. The van der Waals surface area contributed by atoms with Crippen LogP contribution in [0.25, 0.3) is 0 Å². The minimum atomic E-state index is 0.0978. The number of likely N-dealkylation sites (tertiary alicyclic amines) is 2. The Balaban J connectivity index is 1.53. The van der Waals surface area contributed by atoms with Crippen molar-refractivity contribution in [2.75, 3.05) is 13.1 Å². The molecule has 0 radical (unpaired) electrons. The summed E-state index contributed by atoms with van der Waals surface area (Å²) in [5.41, 5.74) is 0.196. The zero-order chi connectivity index (χ0) is 14.9. The molecular weight excluding hydrogens is 276 g/mol. The second-order valence-corrected chi connectivity index (χ2v) is 8.71. The lowest BCUT2D eigenvalue weighted by molar-refractivity contribution is -0.167. The molecule has 2 saturated heterocycles. The summed E-state index contributed by atoms with van der Waals surface area (Å²) < 4.78 is 0. The van der Waals surface area contributed by atoms with Crippen LogP contribution in [0.3, 0.4) is 0 Å². The van der Waals surface area contributed by atoms with Gasteiger partial charge in [-0.05, 0) is 63.2 Å². The van der Waals surface area contributed by atoms with Gasteiger partial charge in [0.15, 0.2) is 0 Å². The van der Waals surface area contributed by atoms with Crippen molar-refractivity contribution in [3.05, 3.63) is 0 Å². The zero-order valence-electron chi connectivity index (χ0n) is 13.4. The molecule has 4 saturated carbocycles. The molecule has 6 rings (SSSR count). The minimum absolute atomic E-state index is 0.0978. The quantitative estimate of drug-likeness (QED) is 0.785. The Morgan fingerprint density at radius 1 is 0.773 bits per heavy atom. The predicted molar refractivity (Wildman–Crippen MR) is 82.0 cm³/mol. The van der Waals surface area contributed by atoms with E-state index < -0.39 is 0 Å². The van der Waals surface area contributed by atoms with Crippen molar-refractivity contribution in [2.45, 2.75) is 75.3 Å². The molecule has 2 aliphatic heterocycles. The second-order valence-electron chi connectivity index (χ2n) is 8.71. The number of carbonyl (C=O) groups excluding carboxylic acids is 2. The topological polar surface area (TPSA) is 40.6 Å². The highest BCUT2D eigenvalue weighted by atomic mass is 16.2. The Hall–Kier alpha value is -1.06. The fraction of sp³-hybridized carbons (Fsp3) is 0.889. The van der Waals surface area contributed by atoms with E-state index in [1.54, 1.807) is 0 Å². The van der Waals surface area contributed by atoms with Crippen molar-refractivity contribution in [1.82, 2.24) is 9.80 Å². The van der Waals surface area contributed by atoms with Crippen LogP contribution in [0.4, 0.5) is 0 Å².